The lowest BCUT2D eigenvalue weighted by Crippen LogP contribution is -2.32. The Labute approximate surface area is 122 Å². The molecule has 1 saturated carbocycles. The van der Waals surface area contributed by atoms with Gasteiger partial charge in [0.2, 0.25) is 0 Å². The van der Waals surface area contributed by atoms with Gasteiger partial charge in [0.15, 0.2) is 0 Å². The van der Waals surface area contributed by atoms with Gasteiger partial charge in [-0.1, -0.05) is 33.6 Å². The Kier molecular flexibility index (Phi) is 5.47. The van der Waals surface area contributed by atoms with Crippen molar-refractivity contribution in [1.29, 1.82) is 0 Å². The highest BCUT2D eigenvalue weighted by Crippen LogP contribution is 2.42. The van der Waals surface area contributed by atoms with Crippen molar-refractivity contribution >= 4 is 11.3 Å². The van der Waals surface area contributed by atoms with Gasteiger partial charge in [0, 0.05) is 22.8 Å². The molecule has 1 fully saturated rings. The summed E-state index contributed by atoms with van der Waals surface area (Å²) in [6.07, 6.45) is 8.30. The number of hydrogen-bond acceptors (Lipinski definition) is 2. The van der Waals surface area contributed by atoms with E-state index in [2.05, 4.69) is 38.2 Å². The van der Waals surface area contributed by atoms with Crippen LogP contribution in [-0.4, -0.2) is 6.54 Å². The molecule has 19 heavy (non-hydrogen) atoms. The lowest BCUT2D eigenvalue weighted by atomic mass is 9.78. The van der Waals surface area contributed by atoms with Crippen molar-refractivity contribution in [2.45, 2.75) is 65.8 Å². The molecule has 0 amide bonds. The van der Waals surface area contributed by atoms with Crippen LogP contribution < -0.4 is 5.32 Å². The molecule has 1 nitrogen and oxygen atoms in total. The second-order valence-electron chi connectivity index (χ2n) is 6.63. The Balaban J connectivity index is 1.82. The SMILES string of the molecule is CCc1ccc(CNCC2(CC(C)C)CCCC2)s1. The van der Waals surface area contributed by atoms with Crippen LogP contribution in [0.2, 0.25) is 0 Å². The molecule has 0 saturated heterocycles. The summed E-state index contributed by atoms with van der Waals surface area (Å²) >= 11 is 1.97. The normalized spacial score (nSPS) is 18.3. The zero-order valence-corrected chi connectivity index (χ0v) is 13.6. The Morgan fingerprint density at radius 2 is 1.89 bits per heavy atom. The molecule has 1 aromatic heterocycles. The van der Waals surface area contributed by atoms with Crippen LogP contribution in [0.15, 0.2) is 12.1 Å². The molecule has 0 unspecified atom stereocenters. The first-order chi connectivity index (χ1) is 9.13. The maximum Gasteiger partial charge on any atom is 0.0300 e. The summed E-state index contributed by atoms with van der Waals surface area (Å²) in [7, 11) is 0. The minimum absolute atomic E-state index is 0.596. The van der Waals surface area contributed by atoms with Crippen molar-refractivity contribution < 1.29 is 0 Å². The predicted molar refractivity (Wildman–Crippen MR) is 85.8 cm³/mol. The van der Waals surface area contributed by atoms with E-state index < -0.39 is 0 Å². The van der Waals surface area contributed by atoms with Crippen LogP contribution in [0.25, 0.3) is 0 Å². The third kappa shape index (κ3) is 4.32. The van der Waals surface area contributed by atoms with Crippen molar-refractivity contribution in [2.24, 2.45) is 11.3 Å². The highest BCUT2D eigenvalue weighted by Gasteiger charge is 2.33. The van der Waals surface area contributed by atoms with Crippen molar-refractivity contribution in [3.05, 3.63) is 21.9 Å². The molecule has 0 atom stereocenters. The van der Waals surface area contributed by atoms with E-state index in [1.54, 1.807) is 0 Å². The Morgan fingerprint density at radius 1 is 1.21 bits per heavy atom. The van der Waals surface area contributed by atoms with Gasteiger partial charge in [-0.25, -0.2) is 0 Å². The molecule has 1 aliphatic carbocycles. The van der Waals surface area contributed by atoms with E-state index >= 15 is 0 Å². The molecule has 2 rings (SSSR count). The third-order valence-electron chi connectivity index (χ3n) is 4.37. The molecule has 0 aliphatic heterocycles. The molecule has 1 aliphatic rings. The zero-order valence-electron chi connectivity index (χ0n) is 12.8. The first-order valence-electron chi connectivity index (χ1n) is 7.92. The summed E-state index contributed by atoms with van der Waals surface area (Å²) in [4.78, 5) is 3.00. The van der Waals surface area contributed by atoms with E-state index in [0.29, 0.717) is 5.41 Å². The van der Waals surface area contributed by atoms with E-state index in [0.717, 1.165) is 12.5 Å². The van der Waals surface area contributed by atoms with E-state index in [1.807, 2.05) is 11.3 Å². The van der Waals surface area contributed by atoms with Crippen LogP contribution in [0.3, 0.4) is 0 Å². The zero-order chi connectivity index (χ0) is 13.7. The van der Waals surface area contributed by atoms with Crippen molar-refractivity contribution in [1.82, 2.24) is 5.32 Å². The molecule has 0 radical (unpaired) electrons. The standard InChI is InChI=1S/C17H29NS/c1-4-15-7-8-16(19-15)12-18-13-17(11-14(2)3)9-5-6-10-17/h7-8,14,18H,4-6,9-13H2,1-3H3. The van der Waals surface area contributed by atoms with Crippen molar-refractivity contribution in [3.63, 3.8) is 0 Å². The summed E-state index contributed by atoms with van der Waals surface area (Å²) in [5.41, 5.74) is 0.596. The molecule has 0 bridgehead atoms. The van der Waals surface area contributed by atoms with Crippen molar-refractivity contribution in [2.75, 3.05) is 6.54 Å². The Hall–Kier alpha value is -0.340. The average Bonchev–Trinajstić information content (AvgIpc) is 2.98. The average molecular weight is 279 g/mol. The number of aryl methyl sites for hydroxylation is 1. The fourth-order valence-corrected chi connectivity index (χ4v) is 4.53. The molecular formula is C17H29NS. The van der Waals surface area contributed by atoms with Crippen molar-refractivity contribution in [3.8, 4) is 0 Å². The first kappa shape index (κ1) is 15.1. The fourth-order valence-electron chi connectivity index (χ4n) is 3.60. The Morgan fingerprint density at radius 3 is 2.47 bits per heavy atom. The van der Waals surface area contributed by atoms with Crippen LogP contribution in [-0.2, 0) is 13.0 Å². The largest absolute Gasteiger partial charge is 0.311 e. The number of nitrogens with one attached hydrogen (secondary N) is 1. The lowest BCUT2D eigenvalue weighted by molar-refractivity contribution is 0.224. The van der Waals surface area contributed by atoms with E-state index in [9.17, 15) is 0 Å². The van der Waals surface area contributed by atoms with Gasteiger partial charge in [-0.15, -0.1) is 11.3 Å². The molecule has 1 aromatic rings. The Bertz CT molecular complexity index is 374. The van der Waals surface area contributed by atoms with Crippen LogP contribution >= 0.6 is 11.3 Å². The van der Waals surface area contributed by atoms with Crippen LogP contribution in [0.5, 0.6) is 0 Å². The number of thiophene rings is 1. The lowest BCUT2D eigenvalue weighted by Gasteiger charge is -2.31. The smallest absolute Gasteiger partial charge is 0.0300 e. The molecule has 2 heteroatoms. The van der Waals surface area contributed by atoms with Crippen LogP contribution in [0, 0.1) is 11.3 Å². The molecule has 0 aromatic carbocycles. The van der Waals surface area contributed by atoms with Gasteiger partial charge >= 0.3 is 0 Å². The summed E-state index contributed by atoms with van der Waals surface area (Å²) in [5.74, 6) is 0.827. The molecule has 0 spiro atoms. The summed E-state index contributed by atoms with van der Waals surface area (Å²) in [6.45, 7) is 9.24. The van der Waals surface area contributed by atoms with Crippen LogP contribution in [0.1, 0.15) is 62.6 Å². The molecule has 108 valence electrons. The van der Waals surface area contributed by atoms with Gasteiger partial charge in [0.05, 0.1) is 0 Å². The minimum Gasteiger partial charge on any atom is -0.311 e. The maximum atomic E-state index is 3.74. The topological polar surface area (TPSA) is 12.0 Å². The molecular weight excluding hydrogens is 250 g/mol. The number of rotatable bonds is 7. The minimum atomic E-state index is 0.596. The van der Waals surface area contributed by atoms with E-state index in [1.165, 1.54) is 54.8 Å². The van der Waals surface area contributed by atoms with Crippen LogP contribution in [0.4, 0.5) is 0 Å². The fraction of sp³-hybridized carbons (Fsp3) is 0.765. The summed E-state index contributed by atoms with van der Waals surface area (Å²) in [6, 6.07) is 4.57. The molecule has 1 N–H and O–H groups in total. The van der Waals surface area contributed by atoms with Gasteiger partial charge in [-0.05, 0) is 49.1 Å². The summed E-state index contributed by atoms with van der Waals surface area (Å²) in [5, 5.41) is 3.74. The second kappa shape index (κ2) is 6.90. The van der Waals surface area contributed by atoms with Gasteiger partial charge in [-0.2, -0.15) is 0 Å². The van der Waals surface area contributed by atoms with E-state index in [4.69, 9.17) is 0 Å². The highest BCUT2D eigenvalue weighted by molar-refractivity contribution is 7.11. The molecule has 1 heterocycles. The second-order valence-corrected chi connectivity index (χ2v) is 7.88. The van der Waals surface area contributed by atoms with Gasteiger partial charge in [-0.3, -0.25) is 0 Å². The highest BCUT2D eigenvalue weighted by atomic mass is 32.1. The maximum absolute atomic E-state index is 3.74. The predicted octanol–water partition coefficient (Wildman–Crippen LogP) is 5.01. The van der Waals surface area contributed by atoms with Gasteiger partial charge in [0.25, 0.3) is 0 Å². The summed E-state index contributed by atoms with van der Waals surface area (Å²) < 4.78 is 0. The monoisotopic (exact) mass is 279 g/mol. The van der Waals surface area contributed by atoms with Gasteiger partial charge < -0.3 is 5.32 Å². The number of hydrogen-bond donors (Lipinski definition) is 1. The van der Waals surface area contributed by atoms with Gasteiger partial charge in [0.1, 0.15) is 0 Å². The third-order valence-corrected chi connectivity index (χ3v) is 5.60. The van der Waals surface area contributed by atoms with E-state index in [-0.39, 0.29) is 0 Å². The first-order valence-corrected chi connectivity index (χ1v) is 8.73. The quantitative estimate of drug-likeness (QED) is 0.740.